The monoisotopic (exact) mass is 295 g/mol. The molecule has 1 saturated heterocycles. The van der Waals surface area contributed by atoms with Gasteiger partial charge in [0.25, 0.3) is 14.2 Å². The van der Waals surface area contributed by atoms with Crippen molar-refractivity contribution in [2.75, 3.05) is 19.8 Å². The summed E-state index contributed by atoms with van der Waals surface area (Å²) in [5, 5.41) is 7.27. The van der Waals surface area contributed by atoms with Crippen molar-refractivity contribution in [1.82, 2.24) is 14.8 Å². The van der Waals surface area contributed by atoms with Crippen LogP contribution in [0.5, 0.6) is 0 Å². The first-order valence-corrected chi connectivity index (χ1v) is 7.92. The molecule has 1 atom stereocenters. The Morgan fingerprint density at radius 2 is 2.22 bits per heavy atom. The van der Waals surface area contributed by atoms with Gasteiger partial charge < -0.3 is 9.47 Å². The lowest BCUT2D eigenvalue weighted by molar-refractivity contribution is -0.0949. The Balaban J connectivity index is 2.38. The Kier molecular flexibility index (Phi) is 4.21. The predicted octanol–water partition coefficient (Wildman–Crippen LogP) is 0.704. The molecule has 1 fully saturated rings. The zero-order chi connectivity index (χ0) is 13.2. The van der Waals surface area contributed by atoms with E-state index >= 15 is 0 Å². The molecule has 0 amide bonds. The van der Waals surface area contributed by atoms with Crippen molar-refractivity contribution < 1.29 is 17.9 Å². The Labute approximate surface area is 109 Å². The molecule has 0 radical (unpaired) electrons. The topological polar surface area (TPSA) is 83.3 Å². The van der Waals surface area contributed by atoms with Crippen LogP contribution in [0.1, 0.15) is 25.3 Å². The van der Waals surface area contributed by atoms with Gasteiger partial charge in [0.15, 0.2) is 5.82 Å². The van der Waals surface area contributed by atoms with Gasteiger partial charge in [-0.1, -0.05) is 6.92 Å². The highest BCUT2D eigenvalue weighted by Gasteiger charge is 2.28. The van der Waals surface area contributed by atoms with Crippen molar-refractivity contribution in [3.05, 3.63) is 5.82 Å². The first kappa shape index (κ1) is 13.7. The molecule has 1 aliphatic rings. The third-order valence-corrected chi connectivity index (χ3v) is 3.67. The Morgan fingerprint density at radius 1 is 1.44 bits per heavy atom. The molecule has 0 N–H and O–H groups in total. The number of ether oxygens (including phenoxy) is 2. The molecular weight excluding hydrogens is 282 g/mol. The van der Waals surface area contributed by atoms with Gasteiger partial charge in [0, 0.05) is 17.2 Å². The minimum Gasteiger partial charge on any atom is -0.376 e. The number of hydrogen-bond acceptors (Lipinski definition) is 6. The predicted molar refractivity (Wildman–Crippen MR) is 62.9 cm³/mol. The molecule has 2 heterocycles. The van der Waals surface area contributed by atoms with Crippen molar-refractivity contribution >= 4 is 19.7 Å². The number of aromatic nitrogens is 3. The molecule has 102 valence electrons. The van der Waals surface area contributed by atoms with Gasteiger partial charge in [0.2, 0.25) is 0 Å². The molecule has 1 aromatic heterocycles. The van der Waals surface area contributed by atoms with Crippen LogP contribution in [0, 0.1) is 0 Å². The van der Waals surface area contributed by atoms with Crippen molar-refractivity contribution in [1.29, 1.82) is 0 Å². The summed E-state index contributed by atoms with van der Waals surface area (Å²) in [5.74, 6) is 0.441. The van der Waals surface area contributed by atoms with Crippen LogP contribution in [0.25, 0.3) is 0 Å². The zero-order valence-electron chi connectivity index (χ0n) is 9.87. The molecule has 0 spiro atoms. The van der Waals surface area contributed by atoms with E-state index < -0.39 is 15.2 Å². The third-order valence-electron chi connectivity index (χ3n) is 2.51. The molecule has 1 unspecified atom stereocenters. The van der Waals surface area contributed by atoms with Gasteiger partial charge in [-0.25, -0.2) is 8.42 Å². The summed E-state index contributed by atoms with van der Waals surface area (Å²) in [6.07, 6.45) is 0.336. The summed E-state index contributed by atoms with van der Waals surface area (Å²) in [6.45, 7) is 3.70. The second-order valence-corrected chi connectivity index (χ2v) is 6.32. The maximum atomic E-state index is 11.4. The van der Waals surface area contributed by atoms with Crippen LogP contribution in [-0.4, -0.2) is 43.0 Å². The maximum absolute atomic E-state index is 11.4. The van der Waals surface area contributed by atoms with Crippen LogP contribution in [0.2, 0.25) is 0 Å². The minimum atomic E-state index is -3.91. The van der Waals surface area contributed by atoms with Gasteiger partial charge in [-0.05, 0) is 6.42 Å². The van der Waals surface area contributed by atoms with E-state index in [1.165, 1.54) is 4.57 Å². The van der Waals surface area contributed by atoms with Crippen LogP contribution in [0.3, 0.4) is 0 Å². The van der Waals surface area contributed by atoms with Crippen molar-refractivity contribution in [2.45, 2.75) is 31.1 Å². The van der Waals surface area contributed by atoms with E-state index in [0.717, 1.165) is 6.42 Å². The normalized spacial score (nSPS) is 21.1. The van der Waals surface area contributed by atoms with Gasteiger partial charge in [-0.2, -0.15) is 0 Å². The molecule has 0 aromatic carbocycles. The van der Waals surface area contributed by atoms with E-state index in [-0.39, 0.29) is 5.16 Å². The molecule has 0 saturated carbocycles. The molecular formula is C9H14ClN3O4S. The van der Waals surface area contributed by atoms with Gasteiger partial charge in [0.1, 0.15) is 6.10 Å². The number of nitrogens with zero attached hydrogens (tertiary/aromatic N) is 3. The Bertz CT molecular complexity index is 510. The number of halogens is 1. The fourth-order valence-electron chi connectivity index (χ4n) is 1.79. The highest BCUT2D eigenvalue weighted by molar-refractivity contribution is 8.13. The molecule has 9 heteroatoms. The van der Waals surface area contributed by atoms with Crippen molar-refractivity contribution in [2.24, 2.45) is 0 Å². The Morgan fingerprint density at radius 3 is 2.78 bits per heavy atom. The quantitative estimate of drug-likeness (QED) is 0.761. The molecule has 0 aliphatic carbocycles. The van der Waals surface area contributed by atoms with E-state index in [1.54, 1.807) is 0 Å². The van der Waals surface area contributed by atoms with Gasteiger partial charge in [0.05, 0.1) is 19.8 Å². The summed E-state index contributed by atoms with van der Waals surface area (Å²) >= 11 is 0. The van der Waals surface area contributed by atoms with Crippen LogP contribution in [-0.2, 0) is 25.1 Å². The first-order valence-electron chi connectivity index (χ1n) is 5.61. The summed E-state index contributed by atoms with van der Waals surface area (Å²) in [6, 6.07) is 0. The summed E-state index contributed by atoms with van der Waals surface area (Å²) < 4.78 is 35.0. The molecule has 7 nitrogen and oxygen atoms in total. The van der Waals surface area contributed by atoms with Crippen LogP contribution < -0.4 is 0 Å². The molecule has 18 heavy (non-hydrogen) atoms. The lowest BCUT2D eigenvalue weighted by Gasteiger charge is -2.22. The van der Waals surface area contributed by atoms with Crippen LogP contribution in [0.4, 0.5) is 0 Å². The number of hydrogen-bond donors (Lipinski definition) is 0. The largest absolute Gasteiger partial charge is 0.376 e. The van der Waals surface area contributed by atoms with E-state index in [4.69, 9.17) is 20.2 Å². The average molecular weight is 296 g/mol. The van der Waals surface area contributed by atoms with E-state index in [2.05, 4.69) is 10.2 Å². The van der Waals surface area contributed by atoms with E-state index in [9.17, 15) is 8.42 Å². The molecule has 2 rings (SSSR count). The second-order valence-electron chi connectivity index (χ2n) is 3.86. The SMILES string of the molecule is CCCn1c(C2COCCO2)nnc1S(=O)(=O)Cl. The van der Waals surface area contributed by atoms with Crippen molar-refractivity contribution in [3.8, 4) is 0 Å². The fraction of sp³-hybridized carbons (Fsp3) is 0.778. The lowest BCUT2D eigenvalue weighted by Crippen LogP contribution is -2.25. The first-order chi connectivity index (χ1) is 8.54. The number of rotatable bonds is 4. The van der Waals surface area contributed by atoms with Gasteiger partial charge in [-0.15, -0.1) is 10.2 Å². The Hall–Kier alpha value is -0.700. The molecule has 1 aliphatic heterocycles. The smallest absolute Gasteiger partial charge is 0.296 e. The maximum Gasteiger partial charge on any atom is 0.296 e. The van der Waals surface area contributed by atoms with Gasteiger partial charge in [-0.3, -0.25) is 4.57 Å². The van der Waals surface area contributed by atoms with Gasteiger partial charge >= 0.3 is 0 Å². The minimum absolute atomic E-state index is 0.241. The highest BCUT2D eigenvalue weighted by Crippen LogP contribution is 2.23. The van der Waals surface area contributed by atoms with Crippen molar-refractivity contribution in [3.63, 3.8) is 0 Å². The summed E-state index contributed by atoms with van der Waals surface area (Å²) in [7, 11) is 1.42. The second kappa shape index (κ2) is 5.52. The summed E-state index contributed by atoms with van der Waals surface area (Å²) in [5.41, 5.74) is 0. The average Bonchev–Trinajstić information content (AvgIpc) is 2.74. The summed E-state index contributed by atoms with van der Waals surface area (Å²) in [4.78, 5) is 0. The molecule has 0 bridgehead atoms. The highest BCUT2D eigenvalue weighted by atomic mass is 35.7. The fourth-order valence-corrected chi connectivity index (χ4v) is 2.72. The lowest BCUT2D eigenvalue weighted by atomic mass is 10.3. The standard InChI is InChI=1S/C9H14ClN3O4S/c1-2-3-13-8(7-6-16-4-5-17-7)11-12-9(13)18(10,14)15/h7H,2-6H2,1H3. The van der Waals surface area contributed by atoms with Crippen LogP contribution in [0.15, 0.2) is 5.16 Å². The van der Waals surface area contributed by atoms with E-state index in [0.29, 0.717) is 32.2 Å². The molecule has 1 aromatic rings. The third kappa shape index (κ3) is 2.82. The van der Waals surface area contributed by atoms with Crippen LogP contribution >= 0.6 is 10.7 Å². The van der Waals surface area contributed by atoms with E-state index in [1.807, 2.05) is 6.92 Å². The zero-order valence-corrected chi connectivity index (χ0v) is 11.4.